The first-order valence-corrected chi connectivity index (χ1v) is 6.95. The second kappa shape index (κ2) is 5.47. The van der Waals surface area contributed by atoms with Crippen molar-refractivity contribution in [1.29, 1.82) is 0 Å². The molecule has 1 aromatic carbocycles. The molecule has 0 bridgehead atoms. The summed E-state index contributed by atoms with van der Waals surface area (Å²) in [5.74, 6) is 0. The molecule has 0 saturated carbocycles. The fourth-order valence-electron chi connectivity index (χ4n) is 2.71. The SMILES string of the molecule is Cc1cncc(Cn2cc(CCN)c3ccccc32)c1. The smallest absolute Gasteiger partial charge is 0.0491 e. The molecule has 3 rings (SSSR count). The highest BCUT2D eigenvalue weighted by atomic mass is 15.0. The maximum atomic E-state index is 5.71. The zero-order chi connectivity index (χ0) is 13.9. The van der Waals surface area contributed by atoms with Gasteiger partial charge in [0.25, 0.3) is 0 Å². The summed E-state index contributed by atoms with van der Waals surface area (Å²) in [6.45, 7) is 3.60. The van der Waals surface area contributed by atoms with Gasteiger partial charge in [-0.15, -0.1) is 0 Å². The molecule has 0 saturated heterocycles. The van der Waals surface area contributed by atoms with Crippen molar-refractivity contribution in [3.05, 3.63) is 65.6 Å². The number of aryl methyl sites for hydroxylation is 1. The van der Waals surface area contributed by atoms with Crippen LogP contribution in [0, 0.1) is 6.92 Å². The van der Waals surface area contributed by atoms with Gasteiger partial charge in [0.1, 0.15) is 0 Å². The Morgan fingerprint density at radius 1 is 1.20 bits per heavy atom. The zero-order valence-corrected chi connectivity index (χ0v) is 11.7. The third-order valence-corrected chi connectivity index (χ3v) is 3.57. The lowest BCUT2D eigenvalue weighted by molar-refractivity contribution is 0.821. The number of nitrogens with zero attached hydrogens (tertiary/aromatic N) is 2. The summed E-state index contributed by atoms with van der Waals surface area (Å²) >= 11 is 0. The van der Waals surface area contributed by atoms with Gasteiger partial charge < -0.3 is 10.3 Å². The molecule has 0 aliphatic rings. The van der Waals surface area contributed by atoms with Crippen molar-refractivity contribution in [2.45, 2.75) is 19.9 Å². The zero-order valence-electron chi connectivity index (χ0n) is 11.7. The monoisotopic (exact) mass is 265 g/mol. The minimum absolute atomic E-state index is 0.681. The van der Waals surface area contributed by atoms with E-state index in [1.54, 1.807) is 0 Å². The fourth-order valence-corrected chi connectivity index (χ4v) is 2.71. The van der Waals surface area contributed by atoms with Crippen molar-refractivity contribution in [3.8, 4) is 0 Å². The molecule has 2 aromatic heterocycles. The predicted molar refractivity (Wildman–Crippen MR) is 82.8 cm³/mol. The number of rotatable bonds is 4. The molecule has 20 heavy (non-hydrogen) atoms. The van der Waals surface area contributed by atoms with Gasteiger partial charge in [-0.2, -0.15) is 0 Å². The van der Waals surface area contributed by atoms with Crippen molar-refractivity contribution in [2.75, 3.05) is 6.54 Å². The number of hydrogen-bond acceptors (Lipinski definition) is 2. The number of nitrogens with two attached hydrogens (primary N) is 1. The van der Waals surface area contributed by atoms with Crippen LogP contribution in [0.3, 0.4) is 0 Å². The van der Waals surface area contributed by atoms with Gasteiger partial charge in [0.05, 0.1) is 0 Å². The molecular weight excluding hydrogens is 246 g/mol. The normalized spacial score (nSPS) is 11.1. The number of aromatic nitrogens is 2. The first kappa shape index (κ1) is 12.9. The second-order valence-electron chi connectivity index (χ2n) is 5.21. The van der Waals surface area contributed by atoms with Crippen molar-refractivity contribution >= 4 is 10.9 Å². The molecule has 2 N–H and O–H groups in total. The van der Waals surface area contributed by atoms with Crippen LogP contribution in [-0.2, 0) is 13.0 Å². The molecule has 3 aromatic rings. The van der Waals surface area contributed by atoms with E-state index < -0.39 is 0 Å². The van der Waals surface area contributed by atoms with E-state index >= 15 is 0 Å². The molecular formula is C17H19N3. The van der Waals surface area contributed by atoms with Crippen LogP contribution < -0.4 is 5.73 Å². The Kier molecular flexibility index (Phi) is 3.52. The van der Waals surface area contributed by atoms with E-state index in [2.05, 4.69) is 53.0 Å². The molecule has 0 aliphatic carbocycles. The largest absolute Gasteiger partial charge is 0.343 e. The molecule has 0 spiro atoms. The van der Waals surface area contributed by atoms with Crippen molar-refractivity contribution in [3.63, 3.8) is 0 Å². The van der Waals surface area contributed by atoms with Gasteiger partial charge in [0, 0.05) is 36.0 Å². The van der Waals surface area contributed by atoms with Gasteiger partial charge in [-0.1, -0.05) is 24.3 Å². The highest BCUT2D eigenvalue weighted by Gasteiger charge is 2.07. The van der Waals surface area contributed by atoms with Gasteiger partial charge in [-0.05, 0) is 42.6 Å². The van der Waals surface area contributed by atoms with Crippen LogP contribution in [0.1, 0.15) is 16.7 Å². The van der Waals surface area contributed by atoms with Crippen molar-refractivity contribution < 1.29 is 0 Å². The number of benzene rings is 1. The van der Waals surface area contributed by atoms with Gasteiger partial charge in [0.15, 0.2) is 0 Å². The van der Waals surface area contributed by atoms with Crippen LogP contribution in [0.2, 0.25) is 0 Å². The van der Waals surface area contributed by atoms with E-state index in [1.165, 1.54) is 27.6 Å². The number of pyridine rings is 1. The van der Waals surface area contributed by atoms with E-state index in [4.69, 9.17) is 5.73 Å². The summed E-state index contributed by atoms with van der Waals surface area (Å²) in [6, 6.07) is 10.7. The van der Waals surface area contributed by atoms with E-state index in [0.29, 0.717) is 6.54 Å². The molecule has 0 aliphatic heterocycles. The highest BCUT2D eigenvalue weighted by Crippen LogP contribution is 2.22. The van der Waals surface area contributed by atoms with Crippen molar-refractivity contribution in [1.82, 2.24) is 9.55 Å². The molecule has 2 heterocycles. The van der Waals surface area contributed by atoms with Crippen LogP contribution in [0.5, 0.6) is 0 Å². The minimum atomic E-state index is 0.681. The lowest BCUT2D eigenvalue weighted by atomic mass is 10.1. The molecule has 3 nitrogen and oxygen atoms in total. The molecule has 3 heteroatoms. The van der Waals surface area contributed by atoms with Crippen LogP contribution in [0.4, 0.5) is 0 Å². The summed E-state index contributed by atoms with van der Waals surface area (Å²) in [5.41, 5.74) is 10.7. The van der Waals surface area contributed by atoms with Crippen LogP contribution in [0.15, 0.2) is 48.9 Å². The van der Waals surface area contributed by atoms with E-state index in [-0.39, 0.29) is 0 Å². The quantitative estimate of drug-likeness (QED) is 0.788. The van der Waals surface area contributed by atoms with Gasteiger partial charge in [-0.25, -0.2) is 0 Å². The van der Waals surface area contributed by atoms with Crippen LogP contribution in [-0.4, -0.2) is 16.1 Å². The number of para-hydroxylation sites is 1. The Labute approximate surface area is 119 Å². The van der Waals surface area contributed by atoms with Crippen LogP contribution in [0.25, 0.3) is 10.9 Å². The molecule has 0 atom stereocenters. The Morgan fingerprint density at radius 2 is 2.05 bits per heavy atom. The van der Waals surface area contributed by atoms with Gasteiger partial charge in [-0.3, -0.25) is 4.98 Å². The topological polar surface area (TPSA) is 43.8 Å². The highest BCUT2D eigenvalue weighted by molar-refractivity contribution is 5.84. The summed E-state index contributed by atoms with van der Waals surface area (Å²) in [5, 5.41) is 1.30. The number of fused-ring (bicyclic) bond motifs is 1. The molecule has 0 amide bonds. The average molecular weight is 265 g/mol. The van der Waals surface area contributed by atoms with Gasteiger partial charge in [0.2, 0.25) is 0 Å². The molecule has 0 unspecified atom stereocenters. The third-order valence-electron chi connectivity index (χ3n) is 3.57. The molecule has 102 valence electrons. The number of hydrogen-bond donors (Lipinski definition) is 1. The molecule has 0 radical (unpaired) electrons. The summed E-state index contributed by atoms with van der Waals surface area (Å²) in [6.07, 6.45) is 6.96. The Balaban J connectivity index is 2.03. The second-order valence-corrected chi connectivity index (χ2v) is 5.21. The van der Waals surface area contributed by atoms with E-state index in [9.17, 15) is 0 Å². The predicted octanol–water partition coefficient (Wildman–Crippen LogP) is 2.89. The van der Waals surface area contributed by atoms with Crippen molar-refractivity contribution in [2.24, 2.45) is 5.73 Å². The Bertz CT molecular complexity index is 728. The summed E-state index contributed by atoms with van der Waals surface area (Å²) in [7, 11) is 0. The first-order chi connectivity index (χ1) is 9.78. The Morgan fingerprint density at radius 3 is 2.85 bits per heavy atom. The minimum Gasteiger partial charge on any atom is -0.343 e. The van der Waals surface area contributed by atoms with Crippen LogP contribution >= 0.6 is 0 Å². The third kappa shape index (κ3) is 2.45. The lowest BCUT2D eigenvalue weighted by Crippen LogP contribution is -2.02. The Hall–Kier alpha value is -2.13. The average Bonchev–Trinajstić information content (AvgIpc) is 2.78. The summed E-state index contributed by atoms with van der Waals surface area (Å²) in [4.78, 5) is 4.27. The molecule has 0 fully saturated rings. The summed E-state index contributed by atoms with van der Waals surface area (Å²) < 4.78 is 2.29. The maximum Gasteiger partial charge on any atom is 0.0491 e. The standard InChI is InChI=1S/C17H19N3/c1-13-8-14(10-19-9-13)11-20-12-15(6-7-18)16-4-2-3-5-17(16)20/h2-5,8-10,12H,6-7,11,18H2,1H3. The van der Waals surface area contributed by atoms with E-state index in [0.717, 1.165) is 13.0 Å². The van der Waals surface area contributed by atoms with E-state index in [1.807, 2.05) is 12.4 Å². The first-order valence-electron chi connectivity index (χ1n) is 6.95. The lowest BCUT2D eigenvalue weighted by Gasteiger charge is -2.05. The maximum absolute atomic E-state index is 5.71. The van der Waals surface area contributed by atoms with Gasteiger partial charge >= 0.3 is 0 Å². The fraction of sp³-hybridized carbons (Fsp3) is 0.235.